The van der Waals surface area contributed by atoms with Crippen molar-refractivity contribution in [3.05, 3.63) is 114 Å². The number of nitrogens with zero attached hydrogens (tertiary/aromatic N) is 4. The third kappa shape index (κ3) is 6.89. The first-order chi connectivity index (χ1) is 15.8. The number of guanidine groups is 1. The van der Waals surface area contributed by atoms with Crippen LogP contribution in [0.4, 0.5) is 0 Å². The minimum Gasteiger partial charge on any atom is -0.356 e. The van der Waals surface area contributed by atoms with Crippen molar-refractivity contribution in [2.75, 3.05) is 13.6 Å². The van der Waals surface area contributed by atoms with Gasteiger partial charge in [-0.2, -0.15) is 5.10 Å². The highest BCUT2D eigenvalue weighted by atomic mass is 127. The molecule has 0 fully saturated rings. The van der Waals surface area contributed by atoms with Crippen LogP contribution in [0, 0.1) is 0 Å². The van der Waals surface area contributed by atoms with E-state index in [9.17, 15) is 0 Å². The van der Waals surface area contributed by atoms with E-state index in [1.165, 1.54) is 23.0 Å². The highest BCUT2D eigenvalue weighted by Gasteiger charge is 2.13. The number of aromatic nitrogens is 3. The van der Waals surface area contributed by atoms with Crippen LogP contribution >= 0.6 is 24.0 Å². The van der Waals surface area contributed by atoms with Crippen LogP contribution in [-0.2, 0) is 6.54 Å². The molecule has 0 radical (unpaired) electrons. The molecule has 3 aromatic carbocycles. The molecule has 0 bridgehead atoms. The minimum atomic E-state index is 0. The average Bonchev–Trinajstić information content (AvgIpc) is 3.40. The van der Waals surface area contributed by atoms with E-state index in [0.29, 0.717) is 12.5 Å². The normalized spacial score (nSPS) is 11.2. The number of aliphatic imine (C=N–C) groups is 1. The molecule has 0 aliphatic carbocycles. The van der Waals surface area contributed by atoms with Crippen molar-refractivity contribution in [3.63, 3.8) is 0 Å². The standard InChI is InChI=1S/C26H28N6.HI/c1-27-26(30-18-21-12-14-24(15-13-21)32-20-28-19-31-32)29-17-16-25(22-8-4-2-5-9-22)23-10-6-3-7-11-23;/h2-15,19-20,25H,16-18H2,1H3,(H2,27,29,30);1H. The third-order valence-corrected chi connectivity index (χ3v) is 5.43. The Balaban J connectivity index is 0.00000306. The molecule has 0 saturated heterocycles. The molecule has 2 N–H and O–H groups in total. The summed E-state index contributed by atoms with van der Waals surface area (Å²) < 4.78 is 1.74. The second-order valence-corrected chi connectivity index (χ2v) is 7.52. The molecule has 0 spiro atoms. The van der Waals surface area contributed by atoms with Crippen LogP contribution < -0.4 is 10.6 Å². The summed E-state index contributed by atoms with van der Waals surface area (Å²) in [5.41, 5.74) is 4.82. The molecule has 0 aliphatic heterocycles. The van der Waals surface area contributed by atoms with Crippen molar-refractivity contribution >= 4 is 29.9 Å². The third-order valence-electron chi connectivity index (χ3n) is 5.43. The second kappa shape index (κ2) is 12.7. The summed E-state index contributed by atoms with van der Waals surface area (Å²) in [4.78, 5) is 8.36. The lowest BCUT2D eigenvalue weighted by Gasteiger charge is -2.19. The van der Waals surface area contributed by atoms with Gasteiger partial charge in [-0.25, -0.2) is 9.67 Å². The van der Waals surface area contributed by atoms with E-state index in [0.717, 1.165) is 24.6 Å². The quantitative estimate of drug-likeness (QED) is 0.188. The number of hydrogen-bond acceptors (Lipinski definition) is 3. The summed E-state index contributed by atoms with van der Waals surface area (Å²) in [6.07, 6.45) is 4.20. The lowest BCUT2D eigenvalue weighted by atomic mass is 9.88. The molecule has 170 valence electrons. The largest absolute Gasteiger partial charge is 0.356 e. The molecular weight excluding hydrogens is 523 g/mol. The van der Waals surface area contributed by atoms with Gasteiger partial charge in [0.05, 0.1) is 5.69 Å². The summed E-state index contributed by atoms with van der Waals surface area (Å²) in [6, 6.07) is 29.6. The van der Waals surface area contributed by atoms with Gasteiger partial charge in [0.1, 0.15) is 12.7 Å². The Bertz CT molecular complexity index is 1060. The fourth-order valence-corrected chi connectivity index (χ4v) is 3.75. The minimum absolute atomic E-state index is 0. The van der Waals surface area contributed by atoms with E-state index in [1.807, 2.05) is 12.1 Å². The summed E-state index contributed by atoms with van der Waals surface area (Å²) in [5, 5.41) is 11.0. The summed E-state index contributed by atoms with van der Waals surface area (Å²) in [7, 11) is 1.80. The number of benzene rings is 3. The molecule has 33 heavy (non-hydrogen) atoms. The molecule has 0 aliphatic rings. The topological polar surface area (TPSA) is 67.1 Å². The lowest BCUT2D eigenvalue weighted by Crippen LogP contribution is -2.37. The molecule has 0 saturated carbocycles. The maximum absolute atomic E-state index is 4.38. The van der Waals surface area contributed by atoms with Crippen LogP contribution in [0.2, 0.25) is 0 Å². The van der Waals surface area contributed by atoms with Gasteiger partial charge in [-0.15, -0.1) is 24.0 Å². The zero-order chi connectivity index (χ0) is 22.0. The average molecular weight is 552 g/mol. The van der Waals surface area contributed by atoms with E-state index in [4.69, 9.17) is 0 Å². The van der Waals surface area contributed by atoms with Gasteiger partial charge in [0.15, 0.2) is 5.96 Å². The molecule has 4 aromatic rings. The summed E-state index contributed by atoms with van der Waals surface area (Å²) >= 11 is 0. The van der Waals surface area contributed by atoms with Gasteiger partial charge in [-0.05, 0) is 35.2 Å². The number of hydrogen-bond donors (Lipinski definition) is 2. The van der Waals surface area contributed by atoms with E-state index < -0.39 is 0 Å². The van der Waals surface area contributed by atoms with Crippen LogP contribution in [0.1, 0.15) is 29.0 Å². The molecule has 1 heterocycles. The Morgan fingerprint density at radius 2 is 1.52 bits per heavy atom. The van der Waals surface area contributed by atoms with Crippen molar-refractivity contribution in [1.82, 2.24) is 25.4 Å². The molecule has 0 atom stereocenters. The fourth-order valence-electron chi connectivity index (χ4n) is 3.75. The van der Waals surface area contributed by atoms with Crippen molar-refractivity contribution in [1.29, 1.82) is 0 Å². The van der Waals surface area contributed by atoms with Crippen LogP contribution in [0.15, 0.2) is 103 Å². The first-order valence-electron chi connectivity index (χ1n) is 10.8. The Morgan fingerprint density at radius 1 is 0.879 bits per heavy atom. The number of rotatable bonds is 8. The number of halogens is 1. The molecule has 4 rings (SSSR count). The summed E-state index contributed by atoms with van der Waals surface area (Å²) in [6.45, 7) is 1.51. The van der Waals surface area contributed by atoms with Gasteiger partial charge < -0.3 is 10.6 Å². The predicted octanol–water partition coefficient (Wildman–Crippen LogP) is 4.77. The Morgan fingerprint density at radius 3 is 2.06 bits per heavy atom. The van der Waals surface area contributed by atoms with Gasteiger partial charge in [-0.1, -0.05) is 72.8 Å². The van der Waals surface area contributed by atoms with E-state index >= 15 is 0 Å². The Hall–Kier alpha value is -3.20. The van der Waals surface area contributed by atoms with Crippen molar-refractivity contribution < 1.29 is 0 Å². The molecule has 7 heteroatoms. The van der Waals surface area contributed by atoms with Crippen molar-refractivity contribution in [2.24, 2.45) is 4.99 Å². The van der Waals surface area contributed by atoms with E-state index in [1.54, 1.807) is 18.1 Å². The highest BCUT2D eigenvalue weighted by molar-refractivity contribution is 14.0. The molecule has 0 unspecified atom stereocenters. The molecular formula is C26H29IN6. The Labute approximate surface area is 212 Å². The van der Waals surface area contributed by atoms with Gasteiger partial charge in [-0.3, -0.25) is 4.99 Å². The highest BCUT2D eigenvalue weighted by Crippen LogP contribution is 2.27. The maximum atomic E-state index is 4.38. The van der Waals surface area contributed by atoms with Crippen LogP contribution in [-0.4, -0.2) is 34.3 Å². The maximum Gasteiger partial charge on any atom is 0.191 e. The summed E-state index contributed by atoms with van der Waals surface area (Å²) in [5.74, 6) is 1.14. The monoisotopic (exact) mass is 552 g/mol. The van der Waals surface area contributed by atoms with Crippen molar-refractivity contribution in [3.8, 4) is 5.69 Å². The molecule has 6 nitrogen and oxygen atoms in total. The van der Waals surface area contributed by atoms with Gasteiger partial charge in [0.2, 0.25) is 0 Å². The second-order valence-electron chi connectivity index (χ2n) is 7.52. The van der Waals surface area contributed by atoms with Crippen LogP contribution in [0.25, 0.3) is 5.69 Å². The lowest BCUT2D eigenvalue weighted by molar-refractivity contribution is 0.678. The number of nitrogens with one attached hydrogen (secondary N) is 2. The van der Waals surface area contributed by atoms with Crippen molar-refractivity contribution in [2.45, 2.75) is 18.9 Å². The smallest absolute Gasteiger partial charge is 0.191 e. The zero-order valence-electron chi connectivity index (χ0n) is 18.6. The van der Waals surface area contributed by atoms with Crippen LogP contribution in [0.5, 0.6) is 0 Å². The SMILES string of the molecule is CN=C(NCCC(c1ccccc1)c1ccccc1)NCc1ccc(-n2cncn2)cc1.I. The first kappa shape index (κ1) is 24.4. The van der Waals surface area contributed by atoms with Crippen LogP contribution in [0.3, 0.4) is 0 Å². The van der Waals surface area contributed by atoms with Gasteiger partial charge >= 0.3 is 0 Å². The van der Waals surface area contributed by atoms with E-state index in [-0.39, 0.29) is 24.0 Å². The molecule has 0 amide bonds. The van der Waals surface area contributed by atoms with Gasteiger partial charge in [0.25, 0.3) is 0 Å². The zero-order valence-corrected chi connectivity index (χ0v) is 21.0. The predicted molar refractivity (Wildman–Crippen MR) is 144 cm³/mol. The molecule has 1 aromatic heterocycles. The first-order valence-corrected chi connectivity index (χ1v) is 10.8. The fraction of sp³-hybridized carbons (Fsp3) is 0.192. The van der Waals surface area contributed by atoms with E-state index in [2.05, 4.69) is 98.5 Å². The van der Waals surface area contributed by atoms with Gasteiger partial charge in [0, 0.05) is 26.1 Å². The Kier molecular flexibility index (Phi) is 9.44.